The van der Waals surface area contributed by atoms with Crippen LogP contribution in [-0.2, 0) is 20.6 Å². The van der Waals surface area contributed by atoms with Crippen molar-refractivity contribution in [2.75, 3.05) is 6.54 Å². The van der Waals surface area contributed by atoms with Crippen LogP contribution in [0, 0.1) is 20.9 Å². The van der Waals surface area contributed by atoms with Gasteiger partial charge >= 0.3 is 17.8 Å². The zero-order chi connectivity index (χ0) is 34.8. The average molecular weight is 696 g/mol. The molecular formula is C33H31Cl2F3N2O7. The molecule has 0 saturated heterocycles. The molecule has 0 fully saturated rings. The number of halogens is 5. The molecule has 1 N–H and O–H groups in total. The van der Waals surface area contributed by atoms with E-state index in [0.29, 0.717) is 53.1 Å². The van der Waals surface area contributed by atoms with Crippen molar-refractivity contribution in [2.24, 2.45) is 10.8 Å². The Bertz CT molecular complexity index is 1720. The van der Waals surface area contributed by atoms with Crippen molar-refractivity contribution in [1.82, 2.24) is 4.90 Å². The third-order valence-corrected chi connectivity index (χ3v) is 9.18. The zero-order valence-corrected chi connectivity index (χ0v) is 27.4. The lowest BCUT2D eigenvalue weighted by atomic mass is 9.63. The molecule has 2 aromatic carbocycles. The number of carbonyl (C=O) groups excluding carboxylic acids is 2. The molecule has 0 bridgehead atoms. The number of ketones is 2. The highest BCUT2D eigenvalue weighted by atomic mass is 35.5. The normalized spacial score (nSPS) is 19.5. The number of alkyl halides is 3. The molecule has 1 heterocycles. The summed E-state index contributed by atoms with van der Waals surface area (Å²) in [5.41, 5.74) is -0.762. The molecule has 5 rings (SSSR count). The van der Waals surface area contributed by atoms with Crippen molar-refractivity contribution >= 4 is 46.4 Å². The second kappa shape index (κ2) is 12.0. The van der Waals surface area contributed by atoms with Gasteiger partial charge in [0.2, 0.25) is 5.75 Å². The van der Waals surface area contributed by atoms with Crippen LogP contribution in [0.25, 0.3) is 0 Å². The Labute approximate surface area is 278 Å². The Kier molecular flexibility index (Phi) is 8.77. The molecule has 0 radical (unpaired) electrons. The summed E-state index contributed by atoms with van der Waals surface area (Å²) in [6, 6.07) is 4.62. The molecule has 47 heavy (non-hydrogen) atoms. The zero-order valence-electron chi connectivity index (χ0n) is 25.9. The molecule has 250 valence electrons. The third kappa shape index (κ3) is 6.76. The molecule has 3 aliphatic rings. The number of allylic oxidation sites excluding steroid dienone is 4. The lowest BCUT2D eigenvalue weighted by Crippen LogP contribution is -2.45. The molecule has 2 aliphatic carbocycles. The molecule has 0 saturated carbocycles. The predicted octanol–water partition coefficient (Wildman–Crippen LogP) is 8.87. The number of nitro groups is 1. The quantitative estimate of drug-likeness (QED) is 0.225. The Balaban J connectivity index is 1.66. The van der Waals surface area contributed by atoms with Crippen LogP contribution in [-0.4, -0.2) is 39.0 Å². The minimum Gasteiger partial charge on any atom is -0.481 e. The van der Waals surface area contributed by atoms with Crippen LogP contribution in [0.2, 0.25) is 10.0 Å². The van der Waals surface area contributed by atoms with Gasteiger partial charge in [0.1, 0.15) is 0 Å². The maximum absolute atomic E-state index is 13.9. The Morgan fingerprint density at radius 1 is 0.979 bits per heavy atom. The van der Waals surface area contributed by atoms with Gasteiger partial charge < -0.3 is 14.7 Å². The van der Waals surface area contributed by atoms with E-state index in [2.05, 4.69) is 0 Å². The van der Waals surface area contributed by atoms with Crippen LogP contribution in [0.15, 0.2) is 52.9 Å². The smallest absolute Gasteiger partial charge is 0.416 e. The number of Topliss-reactive ketones (excluding diaryl/α,β-unsaturated/α-hetero) is 2. The number of hydrogen-bond acceptors (Lipinski definition) is 7. The van der Waals surface area contributed by atoms with Gasteiger partial charge in [-0.3, -0.25) is 24.5 Å². The minimum atomic E-state index is -4.83. The van der Waals surface area contributed by atoms with Crippen molar-refractivity contribution in [1.29, 1.82) is 0 Å². The number of ether oxygens (including phenoxy) is 1. The number of hydrogen-bond donors (Lipinski definition) is 1. The van der Waals surface area contributed by atoms with Crippen LogP contribution < -0.4 is 4.74 Å². The van der Waals surface area contributed by atoms with Crippen LogP contribution in [0.1, 0.15) is 76.8 Å². The van der Waals surface area contributed by atoms with E-state index in [0.717, 1.165) is 6.07 Å². The van der Waals surface area contributed by atoms with E-state index in [1.54, 1.807) is 0 Å². The Morgan fingerprint density at radius 3 is 1.94 bits per heavy atom. The summed E-state index contributed by atoms with van der Waals surface area (Å²) in [5, 5.41) is 20.9. The molecule has 0 aromatic heterocycles. The van der Waals surface area contributed by atoms with Crippen molar-refractivity contribution in [3.63, 3.8) is 0 Å². The molecule has 0 atom stereocenters. The van der Waals surface area contributed by atoms with Crippen LogP contribution in [0.3, 0.4) is 0 Å². The van der Waals surface area contributed by atoms with Gasteiger partial charge in [-0.25, -0.2) is 0 Å². The molecule has 2 aromatic rings. The topological polar surface area (TPSA) is 127 Å². The van der Waals surface area contributed by atoms with Crippen molar-refractivity contribution in [3.05, 3.63) is 84.2 Å². The Morgan fingerprint density at radius 2 is 1.49 bits per heavy atom. The van der Waals surface area contributed by atoms with Gasteiger partial charge in [0.15, 0.2) is 17.3 Å². The number of carboxylic acids is 1. The predicted molar refractivity (Wildman–Crippen MR) is 166 cm³/mol. The van der Waals surface area contributed by atoms with Gasteiger partial charge in [-0.15, -0.1) is 0 Å². The lowest BCUT2D eigenvalue weighted by molar-refractivity contribution is -0.385. The first-order chi connectivity index (χ1) is 21.7. The van der Waals surface area contributed by atoms with Gasteiger partial charge in [-0.1, -0.05) is 50.9 Å². The van der Waals surface area contributed by atoms with Crippen LogP contribution >= 0.6 is 23.2 Å². The van der Waals surface area contributed by atoms with Gasteiger partial charge in [0.05, 0.1) is 27.0 Å². The van der Waals surface area contributed by atoms with E-state index in [-0.39, 0.29) is 53.2 Å². The minimum absolute atomic E-state index is 0.0621. The molecule has 0 spiro atoms. The fraction of sp³-hybridized carbons (Fsp3) is 0.424. The first-order valence-corrected chi connectivity index (χ1v) is 15.5. The number of nitro benzene ring substituents is 1. The van der Waals surface area contributed by atoms with Crippen molar-refractivity contribution < 1.29 is 42.3 Å². The molecule has 1 aliphatic heterocycles. The second-order valence-corrected chi connectivity index (χ2v) is 14.5. The average Bonchev–Trinajstić information content (AvgIpc) is 2.91. The Hall–Kier alpha value is -3.90. The fourth-order valence-corrected chi connectivity index (χ4v) is 7.32. The van der Waals surface area contributed by atoms with E-state index in [1.165, 1.54) is 12.1 Å². The van der Waals surface area contributed by atoms with E-state index < -0.39 is 50.8 Å². The second-order valence-electron chi connectivity index (χ2n) is 13.7. The van der Waals surface area contributed by atoms with Crippen LogP contribution in [0.4, 0.5) is 18.9 Å². The highest BCUT2D eigenvalue weighted by molar-refractivity contribution is 6.37. The number of benzene rings is 2. The molecule has 14 heteroatoms. The van der Waals surface area contributed by atoms with Crippen LogP contribution in [0.5, 0.6) is 11.5 Å². The summed E-state index contributed by atoms with van der Waals surface area (Å²) < 4.78 is 45.3. The summed E-state index contributed by atoms with van der Waals surface area (Å²) in [5.74, 6) is -3.14. The summed E-state index contributed by atoms with van der Waals surface area (Å²) >= 11 is 13.3. The lowest BCUT2D eigenvalue weighted by Gasteiger charge is -2.49. The molecule has 9 nitrogen and oxygen atoms in total. The van der Waals surface area contributed by atoms with Gasteiger partial charge in [0, 0.05) is 53.9 Å². The largest absolute Gasteiger partial charge is 0.481 e. The number of nitrogens with zero attached hydrogens (tertiary/aromatic N) is 2. The number of aliphatic carboxylic acids is 1. The number of carbonyl (C=O) groups is 3. The van der Waals surface area contributed by atoms with Gasteiger partial charge in [0.25, 0.3) is 0 Å². The third-order valence-electron chi connectivity index (χ3n) is 8.62. The highest BCUT2D eigenvalue weighted by Gasteiger charge is 2.49. The summed E-state index contributed by atoms with van der Waals surface area (Å²) in [6.45, 7) is 7.84. The molecule has 0 amide bonds. The van der Waals surface area contributed by atoms with E-state index in [4.69, 9.17) is 27.9 Å². The molecular weight excluding hydrogens is 664 g/mol. The summed E-state index contributed by atoms with van der Waals surface area (Å²) in [6.07, 6.45) is -3.82. The monoisotopic (exact) mass is 694 g/mol. The van der Waals surface area contributed by atoms with E-state index in [1.807, 2.05) is 32.6 Å². The van der Waals surface area contributed by atoms with E-state index in [9.17, 15) is 42.8 Å². The molecule has 0 unspecified atom stereocenters. The first kappa shape index (κ1) is 34.4. The van der Waals surface area contributed by atoms with Crippen molar-refractivity contribution in [3.8, 4) is 11.5 Å². The number of carboxylic acid groups (broad SMARTS) is 1. The number of rotatable bonds is 7. The maximum Gasteiger partial charge on any atom is 0.416 e. The van der Waals surface area contributed by atoms with Gasteiger partial charge in [-0.05, 0) is 53.5 Å². The van der Waals surface area contributed by atoms with Gasteiger partial charge in [-0.2, -0.15) is 13.2 Å². The summed E-state index contributed by atoms with van der Waals surface area (Å²) in [7, 11) is 0. The SMILES string of the molecule is CC1(C)CC(=O)C2=C(C1)N(CCC(=O)O)C1=C(C(=O)CC(C)(C)C1)C2c1cc(Cl)c(Oc2ccc(C(F)(F)F)cc2[N+](=O)[O-])c(Cl)c1. The first-order valence-electron chi connectivity index (χ1n) is 14.7. The standard InChI is InChI=1S/C33H31Cl2F3N2O7/c1-31(2)12-21-28(23(41)14-31)27(29-22(39(21)8-7-26(43)44)13-32(3,4)15-24(29)42)16-9-18(34)30(19(35)10-16)47-25-6-5-17(33(36,37)38)11-20(25)40(45)46/h5-6,9-11,27H,7-8,12-15H2,1-4H3,(H,43,44). The highest BCUT2D eigenvalue weighted by Crippen LogP contribution is 2.55. The maximum atomic E-state index is 13.9. The van der Waals surface area contributed by atoms with Crippen molar-refractivity contribution in [2.45, 2.75) is 71.9 Å². The summed E-state index contributed by atoms with van der Waals surface area (Å²) in [4.78, 5) is 52.0. The van der Waals surface area contributed by atoms with E-state index >= 15 is 0 Å². The fourth-order valence-electron chi connectivity index (χ4n) is 6.73.